The molecular formula is C27H31N5O6S. The number of nitrogens with one attached hydrogen (secondary N) is 1. The van der Waals surface area contributed by atoms with E-state index in [2.05, 4.69) is 10.4 Å². The van der Waals surface area contributed by atoms with E-state index in [1.54, 1.807) is 38.6 Å². The molecule has 2 aromatic carbocycles. The molecule has 0 amide bonds. The molecule has 2 unspecified atom stereocenters. The maximum Gasteiger partial charge on any atom is 0.269 e. The minimum Gasteiger partial charge on any atom is -0.497 e. The first-order valence-corrected chi connectivity index (χ1v) is 14.2. The number of nitrogens with zero attached hydrogens (tertiary/aromatic N) is 4. The lowest BCUT2D eigenvalue weighted by molar-refractivity contribution is -0.0394. The van der Waals surface area contributed by atoms with Gasteiger partial charge in [0.25, 0.3) is 10.1 Å². The van der Waals surface area contributed by atoms with Crippen LogP contribution in [0.15, 0.2) is 48.8 Å². The summed E-state index contributed by atoms with van der Waals surface area (Å²) in [6.45, 7) is 2.18. The Hall–Kier alpha value is -3.74. The quantitative estimate of drug-likeness (QED) is 0.284. The van der Waals surface area contributed by atoms with Gasteiger partial charge in [-0.25, -0.2) is 14.6 Å². The minimum atomic E-state index is -4.14. The standard InChI is InChI=1S/C27H31N5O6S/c1-17(39(33,34)35)14-28-20-7-8-23-24(12-20)31-27(19-15-29-32(16-19)25-6-4-5-9-38-25)26(30-23)18-10-21(36-2)13-22(11-18)37-3/h7-8,10-13,15-17,25,28H,4-6,9,14H2,1-3H3,(H,33,34,35). The smallest absolute Gasteiger partial charge is 0.269 e. The Labute approximate surface area is 226 Å². The van der Waals surface area contributed by atoms with E-state index in [0.717, 1.165) is 30.4 Å². The Morgan fingerprint density at radius 1 is 1.05 bits per heavy atom. The summed E-state index contributed by atoms with van der Waals surface area (Å²) >= 11 is 0. The summed E-state index contributed by atoms with van der Waals surface area (Å²) in [7, 11) is -0.955. The van der Waals surface area contributed by atoms with Crippen molar-refractivity contribution in [1.82, 2.24) is 19.7 Å². The van der Waals surface area contributed by atoms with Crippen molar-refractivity contribution in [2.24, 2.45) is 0 Å². The van der Waals surface area contributed by atoms with Gasteiger partial charge in [-0.05, 0) is 56.5 Å². The molecule has 1 saturated heterocycles. The lowest BCUT2D eigenvalue weighted by atomic mass is 10.0. The first-order chi connectivity index (χ1) is 18.7. The highest BCUT2D eigenvalue weighted by atomic mass is 32.2. The van der Waals surface area contributed by atoms with Crippen molar-refractivity contribution in [3.8, 4) is 34.0 Å². The van der Waals surface area contributed by atoms with Crippen LogP contribution >= 0.6 is 0 Å². The summed E-state index contributed by atoms with van der Waals surface area (Å²) in [5.41, 5.74) is 4.69. The van der Waals surface area contributed by atoms with Crippen LogP contribution in [0.4, 0.5) is 5.69 Å². The fourth-order valence-electron chi connectivity index (χ4n) is 4.43. The number of hydrogen-bond donors (Lipinski definition) is 2. The molecular weight excluding hydrogens is 522 g/mol. The zero-order valence-electron chi connectivity index (χ0n) is 22.0. The largest absolute Gasteiger partial charge is 0.497 e. The highest BCUT2D eigenvalue weighted by Crippen LogP contribution is 2.36. The van der Waals surface area contributed by atoms with Gasteiger partial charge < -0.3 is 19.5 Å². The third-order valence-electron chi connectivity index (χ3n) is 6.72. The summed E-state index contributed by atoms with van der Waals surface area (Å²) in [4.78, 5) is 9.95. The predicted molar refractivity (Wildman–Crippen MR) is 148 cm³/mol. The van der Waals surface area contributed by atoms with Crippen LogP contribution in [0.3, 0.4) is 0 Å². The number of anilines is 1. The van der Waals surface area contributed by atoms with Gasteiger partial charge in [0.2, 0.25) is 0 Å². The Morgan fingerprint density at radius 2 is 1.77 bits per heavy atom. The van der Waals surface area contributed by atoms with Gasteiger partial charge in [-0.3, -0.25) is 4.55 Å². The highest BCUT2D eigenvalue weighted by Gasteiger charge is 2.21. The minimum absolute atomic E-state index is 0.0421. The summed E-state index contributed by atoms with van der Waals surface area (Å²) in [5, 5.41) is 6.66. The fourth-order valence-corrected chi connectivity index (χ4v) is 4.72. The average Bonchev–Trinajstić information content (AvgIpc) is 3.45. The number of methoxy groups -OCH3 is 2. The molecule has 39 heavy (non-hydrogen) atoms. The van der Waals surface area contributed by atoms with Gasteiger partial charge in [-0.15, -0.1) is 0 Å². The molecule has 11 nitrogen and oxygen atoms in total. The molecule has 2 aromatic heterocycles. The number of rotatable bonds is 9. The Bertz CT molecular complexity index is 1560. The third kappa shape index (κ3) is 5.97. The average molecular weight is 554 g/mol. The van der Waals surface area contributed by atoms with Crippen molar-refractivity contribution >= 4 is 26.8 Å². The number of benzene rings is 2. The van der Waals surface area contributed by atoms with E-state index in [4.69, 9.17) is 24.2 Å². The Kier molecular flexibility index (Phi) is 7.69. The van der Waals surface area contributed by atoms with Crippen LogP contribution in [0.1, 0.15) is 32.4 Å². The van der Waals surface area contributed by atoms with Crippen LogP contribution in [0.25, 0.3) is 33.5 Å². The van der Waals surface area contributed by atoms with E-state index in [9.17, 15) is 13.0 Å². The normalized spacial score (nSPS) is 16.7. The van der Waals surface area contributed by atoms with Gasteiger partial charge in [0.15, 0.2) is 0 Å². The predicted octanol–water partition coefficient (Wildman–Crippen LogP) is 4.56. The first-order valence-electron chi connectivity index (χ1n) is 12.7. The van der Waals surface area contributed by atoms with Crippen molar-refractivity contribution in [1.29, 1.82) is 0 Å². The van der Waals surface area contributed by atoms with Crippen molar-refractivity contribution in [2.75, 3.05) is 32.7 Å². The third-order valence-corrected chi connectivity index (χ3v) is 7.90. The molecule has 206 valence electrons. The second-order valence-electron chi connectivity index (χ2n) is 9.46. The van der Waals surface area contributed by atoms with Crippen LogP contribution in [0.5, 0.6) is 11.5 Å². The van der Waals surface area contributed by atoms with Gasteiger partial charge in [0, 0.05) is 42.2 Å². The topological polar surface area (TPSA) is 138 Å². The van der Waals surface area contributed by atoms with Crippen LogP contribution in [-0.2, 0) is 14.9 Å². The molecule has 1 fully saturated rings. The zero-order chi connectivity index (χ0) is 27.6. The van der Waals surface area contributed by atoms with Gasteiger partial charge in [0.1, 0.15) is 28.7 Å². The van der Waals surface area contributed by atoms with E-state index < -0.39 is 15.4 Å². The van der Waals surface area contributed by atoms with Crippen LogP contribution in [0.2, 0.25) is 0 Å². The number of aromatic nitrogens is 4. The first kappa shape index (κ1) is 26.9. The molecule has 0 spiro atoms. The number of fused-ring (bicyclic) bond motifs is 1. The van der Waals surface area contributed by atoms with Crippen molar-refractivity contribution < 1.29 is 27.2 Å². The Balaban J connectivity index is 1.60. The van der Waals surface area contributed by atoms with E-state index in [0.29, 0.717) is 46.2 Å². The fraction of sp³-hybridized carbons (Fsp3) is 0.370. The molecule has 2 N–H and O–H groups in total. The molecule has 0 aliphatic carbocycles. The zero-order valence-corrected chi connectivity index (χ0v) is 22.8. The van der Waals surface area contributed by atoms with Crippen LogP contribution < -0.4 is 14.8 Å². The molecule has 3 heterocycles. The second kappa shape index (κ2) is 11.2. The van der Waals surface area contributed by atoms with E-state index in [1.807, 2.05) is 29.1 Å². The number of ether oxygens (including phenoxy) is 3. The van der Waals surface area contributed by atoms with E-state index >= 15 is 0 Å². The van der Waals surface area contributed by atoms with Crippen molar-refractivity contribution in [2.45, 2.75) is 37.7 Å². The lowest BCUT2D eigenvalue weighted by Crippen LogP contribution is -2.25. The van der Waals surface area contributed by atoms with Crippen LogP contribution in [-0.4, -0.2) is 65.3 Å². The Morgan fingerprint density at radius 3 is 2.44 bits per heavy atom. The molecule has 2 atom stereocenters. The molecule has 0 radical (unpaired) electrons. The molecule has 0 saturated carbocycles. The van der Waals surface area contributed by atoms with E-state index in [1.165, 1.54) is 6.92 Å². The SMILES string of the molecule is COc1cc(OC)cc(-c2nc3ccc(NCC(C)S(=O)(=O)O)cc3nc2-c2cnn(C3CCCCO3)c2)c1. The van der Waals surface area contributed by atoms with Gasteiger partial charge in [-0.2, -0.15) is 13.5 Å². The summed E-state index contributed by atoms with van der Waals surface area (Å²) in [6.07, 6.45) is 6.56. The maximum absolute atomic E-state index is 11.4. The van der Waals surface area contributed by atoms with Crippen LogP contribution in [0, 0.1) is 0 Å². The van der Waals surface area contributed by atoms with Crippen molar-refractivity contribution in [3.05, 3.63) is 48.8 Å². The van der Waals surface area contributed by atoms with Crippen molar-refractivity contribution in [3.63, 3.8) is 0 Å². The molecule has 5 rings (SSSR count). The second-order valence-corrected chi connectivity index (χ2v) is 11.3. The van der Waals surface area contributed by atoms with Gasteiger partial charge in [0.05, 0.1) is 37.1 Å². The monoisotopic (exact) mass is 553 g/mol. The summed E-state index contributed by atoms with van der Waals surface area (Å²) < 4.78 is 50.8. The molecule has 12 heteroatoms. The van der Waals surface area contributed by atoms with Gasteiger partial charge >= 0.3 is 0 Å². The molecule has 1 aliphatic heterocycles. The number of hydrogen-bond acceptors (Lipinski definition) is 9. The van der Waals surface area contributed by atoms with Gasteiger partial charge in [-0.1, -0.05) is 0 Å². The summed E-state index contributed by atoms with van der Waals surface area (Å²) in [5.74, 6) is 1.24. The molecule has 0 bridgehead atoms. The molecule has 1 aliphatic rings. The summed E-state index contributed by atoms with van der Waals surface area (Å²) in [6, 6.07) is 11.0. The molecule has 4 aromatic rings. The maximum atomic E-state index is 11.4. The highest BCUT2D eigenvalue weighted by molar-refractivity contribution is 7.86. The van der Waals surface area contributed by atoms with E-state index in [-0.39, 0.29) is 12.8 Å². The lowest BCUT2D eigenvalue weighted by Gasteiger charge is -2.22.